The Labute approximate surface area is 89.4 Å². The molecule has 0 heterocycles. The second-order valence-corrected chi connectivity index (χ2v) is 3.26. The molecule has 3 nitrogen and oxygen atoms in total. The molecule has 0 spiro atoms. The fourth-order valence-electron chi connectivity index (χ4n) is 1.34. The molecule has 0 aliphatic carbocycles. The number of nitrogens with one attached hydrogen (secondary N) is 1. The molecule has 0 atom stereocenters. The third-order valence-corrected chi connectivity index (χ3v) is 2.08. The number of hydrogen-bond donors (Lipinski definition) is 2. The molecule has 0 fully saturated rings. The number of rotatable bonds is 4. The highest BCUT2D eigenvalue weighted by molar-refractivity contribution is 5.96. The van der Waals surface area contributed by atoms with Gasteiger partial charge in [0, 0.05) is 0 Å². The zero-order valence-corrected chi connectivity index (χ0v) is 8.95. The molecule has 0 bridgehead atoms. The van der Waals surface area contributed by atoms with Crippen LogP contribution >= 0.6 is 0 Å². The van der Waals surface area contributed by atoms with Crippen LogP contribution < -0.4 is 5.32 Å². The van der Waals surface area contributed by atoms with Crippen molar-refractivity contribution in [3.05, 3.63) is 41.6 Å². The van der Waals surface area contributed by atoms with Crippen molar-refractivity contribution in [2.75, 3.05) is 5.32 Å². The molecule has 0 amide bonds. The lowest BCUT2D eigenvalue weighted by Crippen LogP contribution is -2.04. The maximum absolute atomic E-state index is 11.0. The largest absolute Gasteiger partial charge is 0.478 e. The van der Waals surface area contributed by atoms with E-state index in [1.165, 1.54) is 0 Å². The van der Waals surface area contributed by atoms with Crippen LogP contribution in [0.3, 0.4) is 0 Å². The van der Waals surface area contributed by atoms with Gasteiger partial charge in [0.25, 0.3) is 0 Å². The van der Waals surface area contributed by atoms with Crippen LogP contribution in [0.5, 0.6) is 0 Å². The Bertz CT molecular complexity index is 383. The SMILES string of the molecule is CC/C=C/Nc1cccc(C)c1C(=O)O. The number of aromatic carboxylic acids is 1. The van der Waals surface area contributed by atoms with Gasteiger partial charge in [0.2, 0.25) is 0 Å². The molecule has 0 aliphatic heterocycles. The fourth-order valence-corrected chi connectivity index (χ4v) is 1.34. The molecule has 0 saturated heterocycles. The summed E-state index contributed by atoms with van der Waals surface area (Å²) in [4.78, 5) is 11.0. The number of anilines is 1. The average Bonchev–Trinajstić information content (AvgIpc) is 2.17. The van der Waals surface area contributed by atoms with E-state index in [9.17, 15) is 4.79 Å². The monoisotopic (exact) mass is 205 g/mol. The van der Waals surface area contributed by atoms with Crippen molar-refractivity contribution < 1.29 is 9.90 Å². The molecule has 3 heteroatoms. The van der Waals surface area contributed by atoms with E-state index in [4.69, 9.17) is 5.11 Å². The van der Waals surface area contributed by atoms with Gasteiger partial charge in [-0.05, 0) is 31.2 Å². The van der Waals surface area contributed by atoms with Crippen LogP contribution in [0.2, 0.25) is 0 Å². The summed E-state index contributed by atoms with van der Waals surface area (Å²) in [5.41, 5.74) is 1.72. The Balaban J connectivity index is 3.01. The van der Waals surface area contributed by atoms with Crippen LogP contribution in [0.15, 0.2) is 30.5 Å². The van der Waals surface area contributed by atoms with E-state index < -0.39 is 5.97 Å². The van der Waals surface area contributed by atoms with E-state index in [2.05, 4.69) is 5.32 Å². The molecule has 80 valence electrons. The number of carboxylic acids is 1. The van der Waals surface area contributed by atoms with Crippen molar-refractivity contribution in [2.24, 2.45) is 0 Å². The Morgan fingerprint density at radius 3 is 2.87 bits per heavy atom. The zero-order valence-electron chi connectivity index (χ0n) is 8.95. The first-order chi connectivity index (χ1) is 7.16. The predicted octanol–water partition coefficient (Wildman–Crippen LogP) is 3.03. The number of carboxylic acid groups (broad SMARTS) is 1. The molecule has 0 unspecified atom stereocenters. The van der Waals surface area contributed by atoms with Crippen molar-refractivity contribution in [3.8, 4) is 0 Å². The van der Waals surface area contributed by atoms with E-state index in [1.807, 2.05) is 19.1 Å². The summed E-state index contributed by atoms with van der Waals surface area (Å²) in [7, 11) is 0. The summed E-state index contributed by atoms with van der Waals surface area (Å²) < 4.78 is 0. The van der Waals surface area contributed by atoms with Crippen LogP contribution in [0.4, 0.5) is 5.69 Å². The minimum absolute atomic E-state index is 0.332. The number of benzene rings is 1. The molecule has 1 aromatic carbocycles. The van der Waals surface area contributed by atoms with Gasteiger partial charge >= 0.3 is 5.97 Å². The Kier molecular flexibility index (Phi) is 3.92. The van der Waals surface area contributed by atoms with Crippen molar-refractivity contribution in [2.45, 2.75) is 20.3 Å². The lowest BCUT2D eigenvalue weighted by Gasteiger charge is -2.07. The maximum atomic E-state index is 11.0. The van der Waals surface area contributed by atoms with Crippen LogP contribution in [-0.2, 0) is 0 Å². The molecule has 15 heavy (non-hydrogen) atoms. The second-order valence-electron chi connectivity index (χ2n) is 3.26. The topological polar surface area (TPSA) is 49.3 Å². The first-order valence-electron chi connectivity index (χ1n) is 4.91. The maximum Gasteiger partial charge on any atom is 0.338 e. The number of hydrogen-bond acceptors (Lipinski definition) is 2. The predicted molar refractivity (Wildman–Crippen MR) is 61.2 cm³/mol. The van der Waals surface area contributed by atoms with Gasteiger partial charge < -0.3 is 10.4 Å². The summed E-state index contributed by atoms with van der Waals surface area (Å²) in [5.74, 6) is -0.902. The van der Waals surface area contributed by atoms with Gasteiger partial charge in [-0.2, -0.15) is 0 Å². The Morgan fingerprint density at radius 1 is 1.53 bits per heavy atom. The highest BCUT2D eigenvalue weighted by Gasteiger charge is 2.11. The Hall–Kier alpha value is -1.77. The van der Waals surface area contributed by atoms with Crippen molar-refractivity contribution in [1.82, 2.24) is 0 Å². The van der Waals surface area contributed by atoms with Gasteiger partial charge in [0.1, 0.15) is 0 Å². The van der Waals surface area contributed by atoms with E-state index >= 15 is 0 Å². The summed E-state index contributed by atoms with van der Waals surface area (Å²) in [5, 5.41) is 12.0. The van der Waals surface area contributed by atoms with Gasteiger partial charge in [-0.1, -0.05) is 25.1 Å². The molecule has 1 rings (SSSR count). The van der Waals surface area contributed by atoms with Crippen molar-refractivity contribution in [1.29, 1.82) is 0 Å². The van der Waals surface area contributed by atoms with E-state index in [-0.39, 0.29) is 0 Å². The van der Waals surface area contributed by atoms with E-state index in [0.29, 0.717) is 11.3 Å². The van der Waals surface area contributed by atoms with Crippen LogP contribution in [0.1, 0.15) is 29.3 Å². The molecular weight excluding hydrogens is 190 g/mol. The zero-order chi connectivity index (χ0) is 11.3. The molecule has 2 N–H and O–H groups in total. The number of aryl methyl sites for hydroxylation is 1. The van der Waals surface area contributed by atoms with E-state index in [0.717, 1.165) is 12.0 Å². The van der Waals surface area contributed by atoms with Crippen molar-refractivity contribution >= 4 is 11.7 Å². The van der Waals surface area contributed by atoms with Crippen molar-refractivity contribution in [3.63, 3.8) is 0 Å². The molecule has 1 aromatic rings. The van der Waals surface area contributed by atoms with Crippen LogP contribution in [0.25, 0.3) is 0 Å². The number of allylic oxidation sites excluding steroid dienone is 1. The molecule has 0 saturated carbocycles. The van der Waals surface area contributed by atoms with Gasteiger partial charge in [0.05, 0.1) is 11.3 Å². The quantitative estimate of drug-likeness (QED) is 0.794. The Morgan fingerprint density at radius 2 is 2.27 bits per heavy atom. The first-order valence-corrected chi connectivity index (χ1v) is 4.91. The summed E-state index contributed by atoms with van der Waals surface area (Å²) in [6.07, 6.45) is 4.62. The van der Waals surface area contributed by atoms with Gasteiger partial charge in [0.15, 0.2) is 0 Å². The fraction of sp³-hybridized carbons (Fsp3) is 0.250. The third-order valence-electron chi connectivity index (χ3n) is 2.08. The van der Waals surface area contributed by atoms with Gasteiger partial charge in [-0.3, -0.25) is 0 Å². The highest BCUT2D eigenvalue weighted by atomic mass is 16.4. The lowest BCUT2D eigenvalue weighted by atomic mass is 10.1. The van der Waals surface area contributed by atoms with E-state index in [1.54, 1.807) is 25.3 Å². The van der Waals surface area contributed by atoms with Crippen LogP contribution in [0, 0.1) is 6.92 Å². The molecule has 0 aliphatic rings. The standard InChI is InChI=1S/C12H15NO2/c1-3-4-8-13-10-7-5-6-9(2)11(10)12(14)15/h4-8,13H,3H2,1-2H3,(H,14,15)/b8-4+. The third kappa shape index (κ3) is 2.84. The normalized spacial score (nSPS) is 10.5. The van der Waals surface area contributed by atoms with Crippen LogP contribution in [-0.4, -0.2) is 11.1 Å². The second kappa shape index (κ2) is 5.20. The number of carbonyl (C=O) groups is 1. The lowest BCUT2D eigenvalue weighted by molar-refractivity contribution is 0.0697. The minimum atomic E-state index is -0.902. The molecule has 0 aromatic heterocycles. The smallest absolute Gasteiger partial charge is 0.338 e. The summed E-state index contributed by atoms with van der Waals surface area (Å²) in [6, 6.07) is 5.39. The highest BCUT2D eigenvalue weighted by Crippen LogP contribution is 2.19. The molecule has 0 radical (unpaired) electrons. The van der Waals surface area contributed by atoms with Gasteiger partial charge in [-0.15, -0.1) is 0 Å². The van der Waals surface area contributed by atoms with Gasteiger partial charge in [-0.25, -0.2) is 4.79 Å². The molecular formula is C12H15NO2. The first kappa shape index (κ1) is 11.3. The average molecular weight is 205 g/mol. The minimum Gasteiger partial charge on any atom is -0.478 e. The summed E-state index contributed by atoms with van der Waals surface area (Å²) in [6.45, 7) is 3.81. The summed E-state index contributed by atoms with van der Waals surface area (Å²) >= 11 is 0.